The molecule has 17 heavy (non-hydrogen) atoms. The standard InChI is InChI=1S/C12H14O4S/c1-3-17-9-4-5-10(12(15)16-2)8(6-9)7-11(13)14/h4-6H,3,7H2,1-2H3,(H,13,14). The van der Waals surface area contributed by atoms with Crippen LogP contribution in [0.25, 0.3) is 0 Å². The van der Waals surface area contributed by atoms with Crippen LogP contribution in [0.4, 0.5) is 0 Å². The second kappa shape index (κ2) is 6.30. The number of rotatable bonds is 5. The van der Waals surface area contributed by atoms with E-state index in [1.807, 2.05) is 6.92 Å². The molecule has 0 saturated carbocycles. The van der Waals surface area contributed by atoms with E-state index in [9.17, 15) is 9.59 Å². The number of benzene rings is 1. The number of carbonyl (C=O) groups excluding carboxylic acids is 1. The van der Waals surface area contributed by atoms with Crippen molar-refractivity contribution < 1.29 is 19.4 Å². The van der Waals surface area contributed by atoms with Gasteiger partial charge < -0.3 is 9.84 Å². The van der Waals surface area contributed by atoms with Crippen molar-refractivity contribution >= 4 is 23.7 Å². The van der Waals surface area contributed by atoms with Crippen molar-refractivity contribution in [3.63, 3.8) is 0 Å². The molecule has 5 heteroatoms. The molecule has 0 bridgehead atoms. The molecule has 0 unspecified atom stereocenters. The molecule has 0 saturated heterocycles. The van der Waals surface area contributed by atoms with Crippen LogP contribution in [0.2, 0.25) is 0 Å². The monoisotopic (exact) mass is 254 g/mol. The van der Waals surface area contributed by atoms with Gasteiger partial charge in [-0.3, -0.25) is 4.79 Å². The van der Waals surface area contributed by atoms with Gasteiger partial charge in [-0.2, -0.15) is 0 Å². The van der Waals surface area contributed by atoms with E-state index >= 15 is 0 Å². The van der Waals surface area contributed by atoms with Crippen LogP contribution in [0.3, 0.4) is 0 Å². The summed E-state index contributed by atoms with van der Waals surface area (Å²) in [4.78, 5) is 23.2. The highest BCUT2D eigenvalue weighted by Crippen LogP contribution is 2.22. The van der Waals surface area contributed by atoms with Gasteiger partial charge in [0.15, 0.2) is 0 Å². The van der Waals surface area contributed by atoms with E-state index in [1.54, 1.807) is 30.0 Å². The maximum Gasteiger partial charge on any atom is 0.338 e. The van der Waals surface area contributed by atoms with Crippen molar-refractivity contribution in [1.29, 1.82) is 0 Å². The molecular formula is C12H14O4S. The molecule has 0 amide bonds. The molecule has 0 heterocycles. The van der Waals surface area contributed by atoms with E-state index in [4.69, 9.17) is 5.11 Å². The van der Waals surface area contributed by atoms with Gasteiger partial charge in [0.05, 0.1) is 19.1 Å². The van der Waals surface area contributed by atoms with Crippen LogP contribution in [-0.2, 0) is 16.0 Å². The van der Waals surface area contributed by atoms with Crippen molar-refractivity contribution in [2.24, 2.45) is 0 Å². The Kier molecular flexibility index (Phi) is 5.03. The number of aliphatic carboxylic acids is 1. The number of carbonyl (C=O) groups is 2. The SMILES string of the molecule is CCSc1ccc(C(=O)OC)c(CC(=O)O)c1. The number of hydrogen-bond donors (Lipinski definition) is 1. The maximum absolute atomic E-state index is 11.5. The second-order valence-corrected chi connectivity index (χ2v) is 4.65. The van der Waals surface area contributed by atoms with Crippen molar-refractivity contribution in [3.8, 4) is 0 Å². The summed E-state index contributed by atoms with van der Waals surface area (Å²) in [6, 6.07) is 5.14. The largest absolute Gasteiger partial charge is 0.481 e. The Hall–Kier alpha value is -1.49. The quantitative estimate of drug-likeness (QED) is 0.644. The molecule has 0 aliphatic carbocycles. The van der Waals surface area contributed by atoms with Gasteiger partial charge in [0.25, 0.3) is 0 Å². The minimum atomic E-state index is -0.964. The van der Waals surface area contributed by atoms with Crippen molar-refractivity contribution in [2.75, 3.05) is 12.9 Å². The molecule has 0 spiro atoms. The average molecular weight is 254 g/mol. The first-order chi connectivity index (χ1) is 8.08. The summed E-state index contributed by atoms with van der Waals surface area (Å²) in [5.41, 5.74) is 0.804. The van der Waals surface area contributed by atoms with E-state index in [-0.39, 0.29) is 6.42 Å². The van der Waals surface area contributed by atoms with Gasteiger partial charge >= 0.3 is 11.9 Å². The molecule has 0 fully saturated rings. The third kappa shape index (κ3) is 3.78. The number of esters is 1. The Morgan fingerprint density at radius 3 is 2.65 bits per heavy atom. The van der Waals surface area contributed by atoms with Crippen LogP contribution >= 0.6 is 11.8 Å². The molecular weight excluding hydrogens is 240 g/mol. The van der Waals surface area contributed by atoms with Gasteiger partial charge in [-0.05, 0) is 29.5 Å². The summed E-state index contributed by atoms with van der Waals surface area (Å²) in [6.45, 7) is 2.01. The van der Waals surface area contributed by atoms with E-state index in [0.29, 0.717) is 11.1 Å². The van der Waals surface area contributed by atoms with E-state index < -0.39 is 11.9 Å². The minimum Gasteiger partial charge on any atom is -0.481 e. The molecule has 4 nitrogen and oxygen atoms in total. The molecule has 0 aliphatic rings. The number of methoxy groups -OCH3 is 1. The van der Waals surface area contributed by atoms with Crippen LogP contribution in [0.1, 0.15) is 22.8 Å². The van der Waals surface area contributed by atoms with Gasteiger partial charge in [-0.1, -0.05) is 6.92 Å². The molecule has 0 radical (unpaired) electrons. The highest BCUT2D eigenvalue weighted by molar-refractivity contribution is 7.99. The molecule has 0 aromatic heterocycles. The lowest BCUT2D eigenvalue weighted by atomic mass is 10.0. The molecule has 1 aromatic rings. The molecule has 1 aromatic carbocycles. The number of hydrogen-bond acceptors (Lipinski definition) is 4. The predicted octanol–water partition coefficient (Wildman–Crippen LogP) is 2.21. The summed E-state index contributed by atoms with van der Waals surface area (Å²) in [5.74, 6) is -0.576. The van der Waals surface area contributed by atoms with Crippen molar-refractivity contribution in [3.05, 3.63) is 29.3 Å². The Balaban J connectivity index is 3.11. The maximum atomic E-state index is 11.5. The smallest absolute Gasteiger partial charge is 0.338 e. The number of carboxylic acid groups (broad SMARTS) is 1. The van der Waals surface area contributed by atoms with Crippen LogP contribution in [-0.4, -0.2) is 29.9 Å². The van der Waals surface area contributed by atoms with Crippen LogP contribution in [0.5, 0.6) is 0 Å². The zero-order valence-corrected chi connectivity index (χ0v) is 10.5. The molecule has 92 valence electrons. The Bertz CT molecular complexity index is 429. The van der Waals surface area contributed by atoms with Gasteiger partial charge in [0, 0.05) is 4.90 Å². The molecule has 0 aliphatic heterocycles. The lowest BCUT2D eigenvalue weighted by Gasteiger charge is -2.08. The van der Waals surface area contributed by atoms with E-state index in [2.05, 4.69) is 4.74 Å². The lowest BCUT2D eigenvalue weighted by Crippen LogP contribution is -2.09. The van der Waals surface area contributed by atoms with Gasteiger partial charge in [-0.25, -0.2) is 4.79 Å². The zero-order valence-electron chi connectivity index (χ0n) is 9.73. The van der Waals surface area contributed by atoms with E-state index in [0.717, 1.165) is 10.6 Å². The van der Waals surface area contributed by atoms with E-state index in [1.165, 1.54) is 7.11 Å². The fraction of sp³-hybridized carbons (Fsp3) is 0.333. The molecule has 1 N–H and O–H groups in total. The van der Waals surface area contributed by atoms with Gasteiger partial charge in [0.1, 0.15) is 0 Å². The predicted molar refractivity (Wildman–Crippen MR) is 65.5 cm³/mol. The Morgan fingerprint density at radius 1 is 1.41 bits per heavy atom. The van der Waals surface area contributed by atoms with Crippen LogP contribution in [0.15, 0.2) is 23.1 Å². The highest BCUT2D eigenvalue weighted by atomic mass is 32.2. The summed E-state index contributed by atoms with van der Waals surface area (Å²) >= 11 is 1.60. The van der Waals surface area contributed by atoms with Crippen LogP contribution in [0, 0.1) is 0 Å². The normalized spacial score (nSPS) is 10.0. The topological polar surface area (TPSA) is 63.6 Å². The Labute approximate surface area is 104 Å². The van der Waals surface area contributed by atoms with Crippen molar-refractivity contribution in [1.82, 2.24) is 0 Å². The fourth-order valence-corrected chi connectivity index (χ4v) is 2.17. The second-order valence-electron chi connectivity index (χ2n) is 3.31. The van der Waals surface area contributed by atoms with Crippen molar-refractivity contribution in [2.45, 2.75) is 18.2 Å². The van der Waals surface area contributed by atoms with Gasteiger partial charge in [0.2, 0.25) is 0 Å². The minimum absolute atomic E-state index is 0.178. The first-order valence-electron chi connectivity index (χ1n) is 5.14. The number of thioether (sulfide) groups is 1. The Morgan fingerprint density at radius 2 is 2.12 bits per heavy atom. The molecule has 0 atom stereocenters. The third-order valence-corrected chi connectivity index (χ3v) is 3.01. The highest BCUT2D eigenvalue weighted by Gasteiger charge is 2.14. The summed E-state index contributed by atoms with van der Waals surface area (Å²) in [5, 5.41) is 8.81. The first-order valence-corrected chi connectivity index (χ1v) is 6.12. The van der Waals surface area contributed by atoms with Crippen LogP contribution < -0.4 is 0 Å². The fourth-order valence-electron chi connectivity index (χ4n) is 1.44. The molecule has 1 rings (SSSR count). The summed E-state index contributed by atoms with van der Waals surface area (Å²) in [6.07, 6.45) is -0.178. The number of carboxylic acids is 1. The first kappa shape index (κ1) is 13.6. The van der Waals surface area contributed by atoms with Gasteiger partial charge in [-0.15, -0.1) is 11.8 Å². The third-order valence-electron chi connectivity index (χ3n) is 2.13. The lowest BCUT2D eigenvalue weighted by molar-refractivity contribution is -0.136. The zero-order chi connectivity index (χ0) is 12.8. The summed E-state index contributed by atoms with van der Waals surface area (Å²) in [7, 11) is 1.28. The number of ether oxygens (including phenoxy) is 1. The average Bonchev–Trinajstić information content (AvgIpc) is 2.28. The summed E-state index contributed by atoms with van der Waals surface area (Å²) < 4.78 is 4.62.